The first-order valence-electron chi connectivity index (χ1n) is 13.4. The van der Waals surface area contributed by atoms with Crippen molar-refractivity contribution < 1.29 is 0 Å². The summed E-state index contributed by atoms with van der Waals surface area (Å²) in [6, 6.07) is 14.7. The number of benzene rings is 2. The Kier molecular flexibility index (Phi) is 13.2. The third kappa shape index (κ3) is 9.37. The van der Waals surface area contributed by atoms with Crippen molar-refractivity contribution in [3.63, 3.8) is 0 Å². The van der Waals surface area contributed by atoms with E-state index in [-0.39, 0.29) is 0 Å². The second kappa shape index (κ2) is 14.8. The van der Waals surface area contributed by atoms with Gasteiger partial charge in [-0.05, 0) is 74.6 Å². The van der Waals surface area contributed by atoms with E-state index >= 15 is 0 Å². The van der Waals surface area contributed by atoms with E-state index in [1.165, 1.54) is 66.3 Å². The summed E-state index contributed by atoms with van der Waals surface area (Å²) in [4.78, 5) is 4.24. The molecule has 0 bridgehead atoms. The summed E-state index contributed by atoms with van der Waals surface area (Å²) in [5.74, 6) is 0.498. The number of nitrogens with one attached hydrogen (secondary N) is 1. The van der Waals surface area contributed by atoms with E-state index in [0.29, 0.717) is 16.6 Å². The van der Waals surface area contributed by atoms with Crippen molar-refractivity contribution in [1.82, 2.24) is 4.83 Å². The highest BCUT2D eigenvalue weighted by Gasteiger charge is 2.58. The van der Waals surface area contributed by atoms with Crippen LogP contribution in [-0.2, 0) is 0 Å². The van der Waals surface area contributed by atoms with Gasteiger partial charge in [-0.1, -0.05) is 103 Å². The molecule has 2 aromatic rings. The Morgan fingerprint density at radius 3 is 1.89 bits per heavy atom. The van der Waals surface area contributed by atoms with Crippen molar-refractivity contribution >= 4 is 25.5 Å². The molecule has 1 spiro atoms. The summed E-state index contributed by atoms with van der Waals surface area (Å²) in [6.07, 6.45) is 6.66. The molecule has 2 nitrogen and oxygen atoms in total. The summed E-state index contributed by atoms with van der Waals surface area (Å²) in [7, 11) is 5.93. The first kappa shape index (κ1) is 31.4. The fourth-order valence-corrected chi connectivity index (χ4v) is 5.51. The van der Waals surface area contributed by atoms with Gasteiger partial charge in [0.25, 0.3) is 0 Å². The fraction of sp³-hybridized carbons (Fsp3) is 0.581. The Morgan fingerprint density at radius 2 is 1.49 bits per heavy atom. The quantitative estimate of drug-likeness (QED) is 0.199. The predicted octanol–water partition coefficient (Wildman–Crippen LogP) is 9.62. The number of hydrogen-bond donors (Lipinski definition) is 1. The zero-order valence-corrected chi connectivity index (χ0v) is 24.9. The first-order valence-corrected chi connectivity index (χ1v) is 14.2. The molecule has 0 heterocycles. The molecule has 4 rings (SSSR count). The van der Waals surface area contributed by atoms with Gasteiger partial charge < -0.3 is 0 Å². The standard InChI is InChI=1S/C17H20N2S.C9H15B.C3H8.C2H6/c1-12-8-10-16(11-9-12)20-19-18-15(4)17-13(2)6-5-7-14(17)3;1-8(2)5-7(10)6-9(8)3-4-9;1-3-2;1-2/h5-11,19H,1-4H3;7H,3-6H2,1-2H3;3H2,1-2H3;1-2H3/b18-15-;;;. The lowest BCUT2D eigenvalue weighted by Gasteiger charge is -2.26. The van der Waals surface area contributed by atoms with Gasteiger partial charge in [-0.3, -0.25) is 0 Å². The third-order valence-corrected chi connectivity index (χ3v) is 7.65. The SMILES string of the molecule is C/C(=N/NSc1ccc(C)cc1)c1c(C)cccc1C.CC.CCC.[B]C1CC(C)(C)C2(CC2)C1. The van der Waals surface area contributed by atoms with Crippen molar-refractivity contribution in [3.05, 3.63) is 64.7 Å². The third-order valence-electron chi connectivity index (χ3n) is 6.96. The van der Waals surface area contributed by atoms with Gasteiger partial charge in [-0.2, -0.15) is 5.10 Å². The highest BCUT2D eigenvalue weighted by Crippen LogP contribution is 2.69. The molecular formula is C31H49BN2S. The van der Waals surface area contributed by atoms with Gasteiger partial charge in [0, 0.05) is 22.4 Å². The Balaban J connectivity index is 0.000000338. The van der Waals surface area contributed by atoms with E-state index in [4.69, 9.17) is 7.85 Å². The largest absolute Gasteiger partial charge is 0.247 e. The normalized spacial score (nSPS) is 18.8. The highest BCUT2D eigenvalue weighted by atomic mass is 32.2. The molecule has 0 aliphatic heterocycles. The zero-order valence-electron chi connectivity index (χ0n) is 24.1. The monoisotopic (exact) mass is 492 g/mol. The van der Waals surface area contributed by atoms with Crippen LogP contribution in [0.2, 0.25) is 5.82 Å². The molecule has 1 unspecified atom stereocenters. The Labute approximate surface area is 222 Å². The molecule has 2 aliphatic rings. The van der Waals surface area contributed by atoms with Crippen molar-refractivity contribution in [2.75, 3.05) is 0 Å². The van der Waals surface area contributed by atoms with Crippen LogP contribution in [0.15, 0.2) is 52.5 Å². The molecule has 4 heteroatoms. The lowest BCUT2D eigenvalue weighted by Crippen LogP contribution is -2.17. The summed E-state index contributed by atoms with van der Waals surface area (Å²) in [5, 5.41) is 4.46. The van der Waals surface area contributed by atoms with Crippen molar-refractivity contribution in [1.29, 1.82) is 0 Å². The maximum Gasteiger partial charge on any atom is 0.0700 e. The second-order valence-corrected chi connectivity index (χ2v) is 11.4. The van der Waals surface area contributed by atoms with Gasteiger partial charge in [0.15, 0.2) is 0 Å². The van der Waals surface area contributed by atoms with Crippen LogP contribution < -0.4 is 4.83 Å². The van der Waals surface area contributed by atoms with Crippen LogP contribution in [0.1, 0.15) is 103 Å². The van der Waals surface area contributed by atoms with Crippen LogP contribution in [0.5, 0.6) is 0 Å². The molecule has 1 N–H and O–H groups in total. The van der Waals surface area contributed by atoms with E-state index in [9.17, 15) is 0 Å². The van der Waals surface area contributed by atoms with Crippen LogP contribution in [-0.4, -0.2) is 13.6 Å². The Morgan fingerprint density at radius 1 is 0.971 bits per heavy atom. The van der Waals surface area contributed by atoms with Crippen LogP contribution in [0.3, 0.4) is 0 Å². The molecule has 2 aromatic carbocycles. The minimum Gasteiger partial charge on any atom is -0.247 e. The van der Waals surface area contributed by atoms with Gasteiger partial charge in [0.1, 0.15) is 0 Å². The van der Waals surface area contributed by atoms with Crippen LogP contribution in [0.25, 0.3) is 0 Å². The molecule has 0 aromatic heterocycles. The Bertz CT molecular complexity index is 888. The summed E-state index contributed by atoms with van der Waals surface area (Å²) < 4.78 is 0. The van der Waals surface area contributed by atoms with Gasteiger partial charge in [0.2, 0.25) is 0 Å². The number of hydrogen-bond acceptors (Lipinski definition) is 3. The second-order valence-electron chi connectivity index (χ2n) is 10.5. The van der Waals surface area contributed by atoms with E-state index in [2.05, 4.69) is 101 Å². The molecule has 2 aliphatic carbocycles. The van der Waals surface area contributed by atoms with E-state index in [1.807, 2.05) is 20.8 Å². The zero-order chi connectivity index (χ0) is 26.6. The van der Waals surface area contributed by atoms with E-state index in [0.717, 1.165) is 10.6 Å². The van der Waals surface area contributed by atoms with Crippen LogP contribution >= 0.6 is 11.9 Å². The number of rotatable bonds is 4. The predicted molar refractivity (Wildman–Crippen MR) is 160 cm³/mol. The van der Waals surface area contributed by atoms with Crippen molar-refractivity contribution in [2.45, 2.75) is 112 Å². The average molecular weight is 493 g/mol. The molecule has 192 valence electrons. The molecular weight excluding hydrogens is 443 g/mol. The molecule has 0 saturated heterocycles. The lowest BCUT2D eigenvalue weighted by molar-refractivity contribution is 0.236. The lowest BCUT2D eigenvalue weighted by atomic mass is 9.78. The molecule has 2 saturated carbocycles. The number of hydrazone groups is 1. The van der Waals surface area contributed by atoms with Gasteiger partial charge in [-0.15, -0.1) is 0 Å². The summed E-state index contributed by atoms with van der Waals surface area (Å²) >= 11 is 1.53. The van der Waals surface area contributed by atoms with E-state index in [1.54, 1.807) is 0 Å². The minimum atomic E-state index is 0.498. The van der Waals surface area contributed by atoms with Gasteiger partial charge in [0.05, 0.1) is 13.6 Å². The molecule has 1 atom stereocenters. The summed E-state index contributed by atoms with van der Waals surface area (Å²) in [5.41, 5.74) is 7.26. The Hall–Kier alpha value is -1.68. The molecule has 0 amide bonds. The maximum absolute atomic E-state index is 5.93. The van der Waals surface area contributed by atoms with Crippen molar-refractivity contribution in [3.8, 4) is 0 Å². The molecule has 2 radical (unpaired) electrons. The maximum atomic E-state index is 5.93. The van der Waals surface area contributed by atoms with Crippen LogP contribution in [0.4, 0.5) is 0 Å². The topological polar surface area (TPSA) is 24.4 Å². The van der Waals surface area contributed by atoms with Crippen molar-refractivity contribution in [2.24, 2.45) is 15.9 Å². The number of nitrogens with zero attached hydrogens (tertiary/aromatic N) is 1. The molecule has 2 fully saturated rings. The highest BCUT2D eigenvalue weighted by molar-refractivity contribution is 7.97. The summed E-state index contributed by atoms with van der Waals surface area (Å²) in [6.45, 7) is 21.4. The van der Waals surface area contributed by atoms with Gasteiger partial charge >= 0.3 is 0 Å². The fourth-order valence-electron chi connectivity index (χ4n) is 4.95. The number of aryl methyl sites for hydroxylation is 3. The average Bonchev–Trinajstić information content (AvgIpc) is 3.54. The first-order chi connectivity index (χ1) is 16.5. The van der Waals surface area contributed by atoms with E-state index < -0.39 is 0 Å². The molecule has 35 heavy (non-hydrogen) atoms. The smallest absolute Gasteiger partial charge is 0.0700 e. The van der Waals surface area contributed by atoms with Crippen LogP contribution in [0, 0.1) is 31.6 Å². The minimum absolute atomic E-state index is 0.498. The van der Waals surface area contributed by atoms with Gasteiger partial charge in [-0.25, -0.2) is 4.83 Å².